The lowest BCUT2D eigenvalue weighted by Gasteiger charge is -2.31. The molecule has 2 unspecified atom stereocenters. The molecule has 2 aliphatic rings. The van der Waals surface area contributed by atoms with E-state index in [2.05, 4.69) is 24.3 Å². The Morgan fingerprint density at radius 2 is 1.57 bits per heavy atom. The number of esters is 1. The predicted octanol–water partition coefficient (Wildman–Crippen LogP) is 4.50. The average molecular weight is 480 g/mol. The quantitative estimate of drug-likeness (QED) is 0.430. The van der Waals surface area contributed by atoms with Crippen LogP contribution >= 0.6 is 0 Å². The third-order valence-corrected chi connectivity index (χ3v) is 7.20. The van der Waals surface area contributed by atoms with Crippen LogP contribution in [0.4, 0.5) is 4.79 Å². The highest BCUT2D eigenvalue weighted by molar-refractivity contribution is 6.06. The minimum atomic E-state index is -1.05. The largest absolute Gasteiger partial charge is 0.468 e. The van der Waals surface area contributed by atoms with E-state index in [1.54, 1.807) is 6.92 Å². The van der Waals surface area contributed by atoms with Crippen molar-refractivity contribution in [2.45, 2.75) is 63.3 Å². The molecule has 1 saturated carbocycles. The lowest BCUT2D eigenvalue weighted by atomic mass is 9.83. The van der Waals surface area contributed by atoms with E-state index in [1.807, 2.05) is 36.4 Å². The van der Waals surface area contributed by atoms with E-state index in [9.17, 15) is 14.4 Å². The van der Waals surface area contributed by atoms with E-state index in [0.29, 0.717) is 5.92 Å². The molecule has 7 nitrogen and oxygen atoms in total. The van der Waals surface area contributed by atoms with Gasteiger partial charge in [0.2, 0.25) is 0 Å². The fourth-order valence-corrected chi connectivity index (χ4v) is 5.23. The second-order valence-corrected chi connectivity index (χ2v) is 9.32. The van der Waals surface area contributed by atoms with Crippen LogP contribution in [0.5, 0.6) is 0 Å². The summed E-state index contributed by atoms with van der Waals surface area (Å²) in [6.07, 6.45) is 3.17. The molecule has 35 heavy (non-hydrogen) atoms. The van der Waals surface area contributed by atoms with Crippen molar-refractivity contribution in [3.8, 4) is 0 Å². The fraction of sp³-hybridized carbons (Fsp3) is 0.464. The van der Waals surface area contributed by atoms with Gasteiger partial charge >= 0.3 is 12.1 Å². The SMILES string of the molecule is COC(=O)C1C(=O)C(CO[C@H]2CC[C@@H](c3ccccc3)CC2)N(C(=O)OCc2ccccc2)[C@@H]1C. The number of methoxy groups -OCH3 is 1. The van der Waals surface area contributed by atoms with E-state index >= 15 is 0 Å². The Kier molecular flexibility index (Phi) is 8.18. The van der Waals surface area contributed by atoms with Crippen molar-refractivity contribution in [3.63, 3.8) is 0 Å². The van der Waals surface area contributed by atoms with Crippen molar-refractivity contribution in [2.24, 2.45) is 5.92 Å². The zero-order valence-electron chi connectivity index (χ0n) is 20.3. The van der Waals surface area contributed by atoms with Gasteiger partial charge in [0.1, 0.15) is 18.6 Å². The number of amides is 1. The third-order valence-electron chi connectivity index (χ3n) is 7.20. The van der Waals surface area contributed by atoms with Crippen molar-refractivity contribution < 1.29 is 28.6 Å². The van der Waals surface area contributed by atoms with Crippen LogP contribution in [0, 0.1) is 5.92 Å². The molecular formula is C28H33NO6. The number of nitrogens with zero attached hydrogens (tertiary/aromatic N) is 1. The van der Waals surface area contributed by atoms with Gasteiger partial charge < -0.3 is 14.2 Å². The number of ketones is 1. The summed E-state index contributed by atoms with van der Waals surface area (Å²) in [5.41, 5.74) is 2.19. The molecule has 7 heteroatoms. The zero-order chi connectivity index (χ0) is 24.8. The van der Waals surface area contributed by atoms with Crippen molar-refractivity contribution in [1.82, 2.24) is 4.90 Å². The van der Waals surface area contributed by atoms with E-state index in [1.165, 1.54) is 17.6 Å². The second kappa shape index (κ2) is 11.5. The highest BCUT2D eigenvalue weighted by Crippen LogP contribution is 2.35. The first-order valence-corrected chi connectivity index (χ1v) is 12.3. The molecule has 1 aliphatic heterocycles. The van der Waals surface area contributed by atoms with Crippen LogP contribution in [0.15, 0.2) is 60.7 Å². The maximum atomic E-state index is 13.2. The second-order valence-electron chi connectivity index (χ2n) is 9.32. The number of ether oxygens (including phenoxy) is 3. The summed E-state index contributed by atoms with van der Waals surface area (Å²) < 4.78 is 16.5. The van der Waals surface area contributed by atoms with Crippen LogP contribution in [-0.2, 0) is 30.4 Å². The zero-order valence-corrected chi connectivity index (χ0v) is 20.3. The molecule has 1 heterocycles. The Labute approximate surface area is 206 Å². The smallest absolute Gasteiger partial charge is 0.411 e. The highest BCUT2D eigenvalue weighted by atomic mass is 16.6. The van der Waals surface area contributed by atoms with Crippen LogP contribution in [0.2, 0.25) is 0 Å². The number of Topliss-reactive ketones (excluding diaryl/α,β-unsaturated/α-hetero) is 1. The van der Waals surface area contributed by atoms with Crippen LogP contribution in [-0.4, -0.2) is 54.7 Å². The third kappa shape index (κ3) is 5.73. The molecule has 1 amide bonds. The molecule has 2 aromatic carbocycles. The van der Waals surface area contributed by atoms with Crippen molar-refractivity contribution in [1.29, 1.82) is 0 Å². The molecule has 0 radical (unpaired) electrons. The standard InChI is InChI=1S/C28H33NO6/c1-19-25(27(31)33-2)26(30)24(29(19)28(32)35-17-20-9-5-3-6-10-20)18-34-23-15-13-22(14-16-23)21-11-7-4-8-12-21/h3-12,19,22-25H,13-18H2,1-2H3/t19-,22-,23+,24?,25?/m1/s1. The summed E-state index contributed by atoms with van der Waals surface area (Å²) >= 11 is 0. The molecule has 0 aromatic heterocycles. The average Bonchev–Trinajstić information content (AvgIpc) is 3.16. The normalized spacial score (nSPS) is 26.4. The van der Waals surface area contributed by atoms with E-state index in [4.69, 9.17) is 14.2 Å². The summed E-state index contributed by atoms with van der Waals surface area (Å²) in [5.74, 6) is -1.54. The summed E-state index contributed by atoms with van der Waals surface area (Å²) in [7, 11) is 1.25. The minimum absolute atomic E-state index is 0.0115. The molecule has 0 N–H and O–H groups in total. The van der Waals surface area contributed by atoms with Gasteiger partial charge in [-0.3, -0.25) is 14.5 Å². The molecule has 2 aromatic rings. The van der Waals surface area contributed by atoms with Crippen molar-refractivity contribution in [3.05, 3.63) is 71.8 Å². The summed E-state index contributed by atoms with van der Waals surface area (Å²) in [6.45, 7) is 1.79. The monoisotopic (exact) mass is 479 g/mol. The van der Waals surface area contributed by atoms with Crippen LogP contribution < -0.4 is 0 Å². The molecule has 4 rings (SSSR count). The maximum absolute atomic E-state index is 13.2. The Morgan fingerprint density at radius 1 is 0.943 bits per heavy atom. The van der Waals surface area contributed by atoms with Gasteiger partial charge in [-0.25, -0.2) is 4.79 Å². The van der Waals surface area contributed by atoms with E-state index < -0.39 is 30.1 Å². The molecular weight excluding hydrogens is 446 g/mol. The van der Waals surface area contributed by atoms with Gasteiger partial charge in [0.25, 0.3) is 0 Å². The molecule has 1 saturated heterocycles. The molecule has 2 fully saturated rings. The molecule has 1 aliphatic carbocycles. The molecule has 3 atom stereocenters. The van der Waals surface area contributed by atoms with Crippen LogP contribution in [0.3, 0.4) is 0 Å². The Hall–Kier alpha value is -3.19. The number of likely N-dealkylation sites (tertiary alicyclic amines) is 1. The van der Waals surface area contributed by atoms with E-state index in [-0.39, 0.29) is 25.1 Å². The lowest BCUT2D eigenvalue weighted by molar-refractivity contribution is -0.149. The number of hydrogen-bond donors (Lipinski definition) is 0. The van der Waals surface area contributed by atoms with Gasteiger partial charge in [0.15, 0.2) is 5.78 Å². The topological polar surface area (TPSA) is 82.1 Å². The van der Waals surface area contributed by atoms with Crippen LogP contribution in [0.25, 0.3) is 0 Å². The first-order chi connectivity index (χ1) is 17.0. The molecule has 0 spiro atoms. The van der Waals surface area contributed by atoms with Gasteiger partial charge in [-0.1, -0.05) is 60.7 Å². The summed E-state index contributed by atoms with van der Waals surface area (Å²) in [4.78, 5) is 39.9. The molecule has 0 bridgehead atoms. The lowest BCUT2D eigenvalue weighted by Crippen LogP contribution is -2.45. The number of carbonyl (C=O) groups is 3. The fourth-order valence-electron chi connectivity index (χ4n) is 5.23. The minimum Gasteiger partial charge on any atom is -0.468 e. The van der Waals surface area contributed by atoms with Crippen molar-refractivity contribution in [2.75, 3.05) is 13.7 Å². The van der Waals surface area contributed by atoms with Gasteiger partial charge in [-0.15, -0.1) is 0 Å². The summed E-state index contributed by atoms with van der Waals surface area (Å²) in [5, 5.41) is 0. The Balaban J connectivity index is 1.39. The summed E-state index contributed by atoms with van der Waals surface area (Å²) in [6, 6.07) is 18.2. The van der Waals surface area contributed by atoms with Gasteiger partial charge in [0, 0.05) is 0 Å². The highest BCUT2D eigenvalue weighted by Gasteiger charge is 2.53. The van der Waals surface area contributed by atoms with Gasteiger partial charge in [-0.2, -0.15) is 0 Å². The van der Waals surface area contributed by atoms with Crippen LogP contribution in [0.1, 0.15) is 49.7 Å². The Morgan fingerprint density at radius 3 is 2.20 bits per heavy atom. The van der Waals surface area contributed by atoms with Gasteiger partial charge in [0.05, 0.1) is 25.9 Å². The number of rotatable bonds is 7. The predicted molar refractivity (Wildman–Crippen MR) is 130 cm³/mol. The first-order valence-electron chi connectivity index (χ1n) is 12.3. The van der Waals surface area contributed by atoms with Gasteiger partial charge in [-0.05, 0) is 49.7 Å². The maximum Gasteiger partial charge on any atom is 0.411 e. The first kappa shape index (κ1) is 24.9. The Bertz CT molecular complexity index is 1000. The van der Waals surface area contributed by atoms with Crippen molar-refractivity contribution >= 4 is 17.8 Å². The van der Waals surface area contributed by atoms with E-state index in [0.717, 1.165) is 31.2 Å². The number of hydrogen-bond acceptors (Lipinski definition) is 6. The molecule has 186 valence electrons. The number of benzene rings is 2. The number of carbonyl (C=O) groups excluding carboxylic acids is 3.